The summed E-state index contributed by atoms with van der Waals surface area (Å²) in [6, 6.07) is 4.10. The van der Waals surface area contributed by atoms with Crippen LogP contribution in [0.3, 0.4) is 0 Å². The van der Waals surface area contributed by atoms with Gasteiger partial charge in [-0.15, -0.1) is 0 Å². The molecule has 1 aromatic rings. The van der Waals surface area contributed by atoms with E-state index >= 15 is 0 Å². The first kappa shape index (κ1) is 8.82. The SMILES string of the molecule is CC(C)C1CC1(N)Cn1cccc1. The Kier molecular flexibility index (Phi) is 1.95. The fourth-order valence-corrected chi connectivity index (χ4v) is 2.25. The summed E-state index contributed by atoms with van der Waals surface area (Å²) >= 11 is 0. The van der Waals surface area contributed by atoms with E-state index in [2.05, 4.69) is 42.9 Å². The molecule has 0 aliphatic heterocycles. The third-order valence-corrected chi connectivity index (χ3v) is 3.13. The fourth-order valence-electron chi connectivity index (χ4n) is 2.25. The highest BCUT2D eigenvalue weighted by Gasteiger charge is 2.52. The Hall–Kier alpha value is -0.760. The first-order valence-corrected chi connectivity index (χ1v) is 5.01. The van der Waals surface area contributed by atoms with Gasteiger partial charge in [0.25, 0.3) is 0 Å². The van der Waals surface area contributed by atoms with Gasteiger partial charge in [-0.3, -0.25) is 0 Å². The molecule has 1 fully saturated rings. The predicted molar refractivity (Wildman–Crippen MR) is 54.3 cm³/mol. The standard InChI is InChI=1S/C11H18N2/c1-9(2)10-7-11(10,12)8-13-5-3-4-6-13/h3-6,9-10H,7-8,12H2,1-2H3. The van der Waals surface area contributed by atoms with Gasteiger partial charge in [0.2, 0.25) is 0 Å². The van der Waals surface area contributed by atoms with Gasteiger partial charge in [0.05, 0.1) is 0 Å². The van der Waals surface area contributed by atoms with Crippen LogP contribution in [0, 0.1) is 11.8 Å². The van der Waals surface area contributed by atoms with Gasteiger partial charge in [0.1, 0.15) is 0 Å². The topological polar surface area (TPSA) is 30.9 Å². The summed E-state index contributed by atoms with van der Waals surface area (Å²) in [4.78, 5) is 0. The Morgan fingerprint density at radius 2 is 2.08 bits per heavy atom. The zero-order valence-corrected chi connectivity index (χ0v) is 8.40. The van der Waals surface area contributed by atoms with Crippen LogP contribution in [-0.2, 0) is 6.54 Å². The Labute approximate surface area is 79.7 Å². The Morgan fingerprint density at radius 1 is 1.46 bits per heavy atom. The third-order valence-electron chi connectivity index (χ3n) is 3.13. The van der Waals surface area contributed by atoms with Crippen LogP contribution < -0.4 is 5.73 Å². The Balaban J connectivity index is 1.97. The molecule has 0 aromatic carbocycles. The van der Waals surface area contributed by atoms with E-state index in [1.807, 2.05) is 0 Å². The van der Waals surface area contributed by atoms with Gasteiger partial charge in [-0.05, 0) is 30.4 Å². The van der Waals surface area contributed by atoms with Crippen LogP contribution in [0.25, 0.3) is 0 Å². The zero-order chi connectivity index (χ0) is 9.47. The molecule has 2 N–H and O–H groups in total. The smallest absolute Gasteiger partial charge is 0.0403 e. The van der Waals surface area contributed by atoms with Crippen molar-refractivity contribution in [3.8, 4) is 0 Å². The summed E-state index contributed by atoms with van der Waals surface area (Å²) in [6.45, 7) is 5.49. The van der Waals surface area contributed by atoms with Crippen molar-refractivity contribution in [2.24, 2.45) is 17.6 Å². The average Bonchev–Trinajstić information content (AvgIpc) is 2.50. The molecule has 0 bridgehead atoms. The van der Waals surface area contributed by atoms with E-state index < -0.39 is 0 Å². The van der Waals surface area contributed by atoms with E-state index in [4.69, 9.17) is 5.73 Å². The first-order chi connectivity index (χ1) is 6.12. The molecule has 13 heavy (non-hydrogen) atoms. The minimum Gasteiger partial charge on any atom is -0.352 e. The van der Waals surface area contributed by atoms with E-state index in [-0.39, 0.29) is 5.54 Å². The van der Waals surface area contributed by atoms with Crippen LogP contribution in [0.1, 0.15) is 20.3 Å². The minimum absolute atomic E-state index is 0.0766. The van der Waals surface area contributed by atoms with Gasteiger partial charge in [-0.25, -0.2) is 0 Å². The molecule has 1 heterocycles. The molecule has 0 spiro atoms. The normalized spacial score (nSPS) is 32.5. The molecule has 2 rings (SSSR count). The van der Waals surface area contributed by atoms with Crippen molar-refractivity contribution in [2.45, 2.75) is 32.4 Å². The van der Waals surface area contributed by atoms with Crippen molar-refractivity contribution < 1.29 is 0 Å². The lowest BCUT2D eigenvalue weighted by Crippen LogP contribution is -2.31. The second-order valence-electron chi connectivity index (χ2n) is 4.64. The molecule has 1 aliphatic carbocycles. The lowest BCUT2D eigenvalue weighted by molar-refractivity contribution is 0.434. The summed E-state index contributed by atoms with van der Waals surface area (Å²) in [6.07, 6.45) is 5.36. The highest BCUT2D eigenvalue weighted by atomic mass is 15.0. The lowest BCUT2D eigenvalue weighted by Gasteiger charge is -2.14. The van der Waals surface area contributed by atoms with Crippen LogP contribution >= 0.6 is 0 Å². The number of nitrogens with two attached hydrogens (primary N) is 1. The fraction of sp³-hybridized carbons (Fsp3) is 0.636. The van der Waals surface area contributed by atoms with E-state index in [1.54, 1.807) is 0 Å². The molecular weight excluding hydrogens is 160 g/mol. The molecule has 2 heteroatoms. The quantitative estimate of drug-likeness (QED) is 0.752. The summed E-state index contributed by atoms with van der Waals surface area (Å²) in [5, 5.41) is 0. The zero-order valence-electron chi connectivity index (χ0n) is 8.40. The van der Waals surface area contributed by atoms with Gasteiger partial charge in [0.15, 0.2) is 0 Å². The molecule has 2 atom stereocenters. The van der Waals surface area contributed by atoms with Gasteiger partial charge in [-0.1, -0.05) is 13.8 Å². The molecule has 1 aliphatic rings. The number of hydrogen-bond acceptors (Lipinski definition) is 1. The van der Waals surface area contributed by atoms with Crippen molar-refractivity contribution in [1.82, 2.24) is 4.57 Å². The molecule has 0 amide bonds. The van der Waals surface area contributed by atoms with Crippen LogP contribution in [0.15, 0.2) is 24.5 Å². The number of nitrogens with zero attached hydrogens (tertiary/aromatic N) is 1. The highest BCUT2D eigenvalue weighted by Crippen LogP contribution is 2.47. The maximum absolute atomic E-state index is 6.26. The average molecular weight is 178 g/mol. The number of rotatable bonds is 3. The van der Waals surface area contributed by atoms with Gasteiger partial charge < -0.3 is 10.3 Å². The number of aromatic nitrogens is 1. The second kappa shape index (κ2) is 2.88. The van der Waals surface area contributed by atoms with E-state index in [0.29, 0.717) is 0 Å². The molecule has 72 valence electrons. The summed E-state index contributed by atoms with van der Waals surface area (Å²) in [5.41, 5.74) is 6.34. The van der Waals surface area contributed by atoms with Crippen LogP contribution in [0.5, 0.6) is 0 Å². The summed E-state index contributed by atoms with van der Waals surface area (Å²) in [7, 11) is 0. The predicted octanol–water partition coefficient (Wildman–Crippen LogP) is 1.86. The third kappa shape index (κ3) is 1.63. The van der Waals surface area contributed by atoms with Crippen LogP contribution in [0.4, 0.5) is 0 Å². The molecule has 1 saturated carbocycles. The van der Waals surface area contributed by atoms with Crippen molar-refractivity contribution >= 4 is 0 Å². The first-order valence-electron chi connectivity index (χ1n) is 5.01. The van der Waals surface area contributed by atoms with Gasteiger partial charge in [0, 0.05) is 24.5 Å². The largest absolute Gasteiger partial charge is 0.352 e. The molecular formula is C11H18N2. The summed E-state index contributed by atoms with van der Waals surface area (Å²) in [5.74, 6) is 1.44. The van der Waals surface area contributed by atoms with Crippen molar-refractivity contribution in [3.63, 3.8) is 0 Å². The number of hydrogen-bond donors (Lipinski definition) is 1. The molecule has 1 aromatic heterocycles. The lowest BCUT2D eigenvalue weighted by atomic mass is 10.0. The van der Waals surface area contributed by atoms with Gasteiger partial charge >= 0.3 is 0 Å². The van der Waals surface area contributed by atoms with Crippen molar-refractivity contribution in [1.29, 1.82) is 0 Å². The van der Waals surface area contributed by atoms with Crippen LogP contribution in [0.2, 0.25) is 0 Å². The Bertz CT molecular complexity index is 276. The molecule has 2 nitrogen and oxygen atoms in total. The minimum atomic E-state index is 0.0766. The van der Waals surface area contributed by atoms with E-state index in [0.717, 1.165) is 18.4 Å². The highest BCUT2D eigenvalue weighted by molar-refractivity contribution is 5.09. The second-order valence-corrected chi connectivity index (χ2v) is 4.64. The monoisotopic (exact) mass is 178 g/mol. The molecule has 0 saturated heterocycles. The van der Waals surface area contributed by atoms with E-state index in [1.165, 1.54) is 6.42 Å². The Morgan fingerprint density at radius 3 is 2.54 bits per heavy atom. The molecule has 0 radical (unpaired) electrons. The van der Waals surface area contributed by atoms with Crippen molar-refractivity contribution in [2.75, 3.05) is 0 Å². The maximum atomic E-state index is 6.26. The van der Waals surface area contributed by atoms with Crippen LogP contribution in [-0.4, -0.2) is 10.1 Å². The van der Waals surface area contributed by atoms with E-state index in [9.17, 15) is 0 Å². The van der Waals surface area contributed by atoms with Gasteiger partial charge in [-0.2, -0.15) is 0 Å². The molecule has 2 unspecified atom stereocenters. The summed E-state index contributed by atoms with van der Waals surface area (Å²) < 4.78 is 2.18. The maximum Gasteiger partial charge on any atom is 0.0403 e. The van der Waals surface area contributed by atoms with Crippen molar-refractivity contribution in [3.05, 3.63) is 24.5 Å².